The van der Waals surface area contributed by atoms with Crippen molar-refractivity contribution in [1.82, 2.24) is 5.32 Å². The molecule has 130 valence electrons. The van der Waals surface area contributed by atoms with Crippen LogP contribution in [0.1, 0.15) is 29.3 Å². The summed E-state index contributed by atoms with van der Waals surface area (Å²) in [6, 6.07) is 13.5. The monoisotopic (exact) mass is 341 g/mol. The van der Waals surface area contributed by atoms with Gasteiger partial charge in [0.2, 0.25) is 0 Å². The maximum absolute atomic E-state index is 12.7. The maximum Gasteiger partial charge on any atom is 0.334 e. The standard InChI is InChI=1S/C19H19NO5/c1-2-19(18(22)23,14-6-4-3-5-7-14)20-17(21)13-8-9-15-16(12-13)25-11-10-24-15/h3-9,12H,2,10-11H2,1H3,(H,20,21)(H,22,23)/t19-/m0/s1. The first-order valence-electron chi connectivity index (χ1n) is 8.08. The highest BCUT2D eigenvalue weighted by Crippen LogP contribution is 2.32. The summed E-state index contributed by atoms with van der Waals surface area (Å²) in [6.45, 7) is 2.60. The molecule has 1 aliphatic rings. The number of nitrogens with one attached hydrogen (secondary N) is 1. The molecule has 2 aromatic rings. The van der Waals surface area contributed by atoms with E-state index in [1.165, 1.54) is 0 Å². The Morgan fingerprint density at radius 2 is 1.76 bits per heavy atom. The zero-order valence-corrected chi connectivity index (χ0v) is 13.8. The number of hydrogen-bond donors (Lipinski definition) is 2. The Hall–Kier alpha value is -3.02. The number of carboxylic acids is 1. The van der Waals surface area contributed by atoms with E-state index in [0.29, 0.717) is 35.8 Å². The third-order valence-corrected chi connectivity index (χ3v) is 4.29. The van der Waals surface area contributed by atoms with Crippen LogP contribution in [0.5, 0.6) is 11.5 Å². The van der Waals surface area contributed by atoms with Crippen LogP contribution in [0, 0.1) is 0 Å². The lowest BCUT2D eigenvalue weighted by molar-refractivity contribution is -0.145. The molecule has 0 saturated heterocycles. The number of fused-ring (bicyclic) bond motifs is 1. The second kappa shape index (κ2) is 6.84. The number of carboxylic acid groups (broad SMARTS) is 1. The summed E-state index contributed by atoms with van der Waals surface area (Å²) in [5.74, 6) is -0.529. The van der Waals surface area contributed by atoms with Crippen LogP contribution in [0.2, 0.25) is 0 Å². The van der Waals surface area contributed by atoms with Crippen molar-refractivity contribution in [2.45, 2.75) is 18.9 Å². The van der Waals surface area contributed by atoms with Gasteiger partial charge in [-0.3, -0.25) is 4.79 Å². The van der Waals surface area contributed by atoms with Gasteiger partial charge in [-0.25, -0.2) is 4.79 Å². The van der Waals surface area contributed by atoms with Crippen molar-refractivity contribution < 1.29 is 24.2 Å². The number of aliphatic carboxylic acids is 1. The van der Waals surface area contributed by atoms with Gasteiger partial charge in [-0.2, -0.15) is 0 Å². The fourth-order valence-corrected chi connectivity index (χ4v) is 2.87. The maximum atomic E-state index is 12.7. The van der Waals surface area contributed by atoms with Crippen molar-refractivity contribution in [3.8, 4) is 11.5 Å². The van der Waals surface area contributed by atoms with Crippen LogP contribution in [0.15, 0.2) is 48.5 Å². The quantitative estimate of drug-likeness (QED) is 0.873. The molecule has 25 heavy (non-hydrogen) atoms. The number of hydrogen-bond acceptors (Lipinski definition) is 4. The average molecular weight is 341 g/mol. The van der Waals surface area contributed by atoms with E-state index >= 15 is 0 Å². The van der Waals surface area contributed by atoms with Gasteiger partial charge in [0.1, 0.15) is 13.2 Å². The summed E-state index contributed by atoms with van der Waals surface area (Å²) in [5, 5.41) is 12.5. The Balaban J connectivity index is 1.92. The van der Waals surface area contributed by atoms with E-state index in [0.717, 1.165) is 0 Å². The van der Waals surface area contributed by atoms with Crippen LogP contribution in [0.25, 0.3) is 0 Å². The van der Waals surface area contributed by atoms with Crippen molar-refractivity contribution in [3.05, 3.63) is 59.7 Å². The molecule has 1 atom stereocenters. The molecule has 0 radical (unpaired) electrons. The Morgan fingerprint density at radius 1 is 1.08 bits per heavy atom. The Bertz CT molecular complexity index is 790. The van der Waals surface area contributed by atoms with Crippen LogP contribution < -0.4 is 14.8 Å². The first-order valence-corrected chi connectivity index (χ1v) is 8.08. The van der Waals surface area contributed by atoms with Gasteiger partial charge < -0.3 is 19.9 Å². The molecule has 1 amide bonds. The zero-order chi connectivity index (χ0) is 17.9. The first kappa shape index (κ1) is 16.8. The first-order chi connectivity index (χ1) is 12.1. The topological polar surface area (TPSA) is 84.9 Å². The predicted octanol–water partition coefficient (Wildman–Crippen LogP) is 2.58. The summed E-state index contributed by atoms with van der Waals surface area (Å²) in [4.78, 5) is 24.7. The Kier molecular flexibility index (Phi) is 4.61. The third kappa shape index (κ3) is 3.15. The second-order valence-electron chi connectivity index (χ2n) is 5.74. The normalized spacial score (nSPS) is 15.1. The van der Waals surface area contributed by atoms with Gasteiger partial charge in [0.15, 0.2) is 17.0 Å². The zero-order valence-electron chi connectivity index (χ0n) is 13.8. The second-order valence-corrected chi connectivity index (χ2v) is 5.74. The summed E-state index contributed by atoms with van der Waals surface area (Å²) in [5.41, 5.74) is -0.652. The van der Waals surface area contributed by atoms with E-state index in [1.807, 2.05) is 0 Å². The lowest BCUT2D eigenvalue weighted by Gasteiger charge is -2.30. The van der Waals surface area contributed by atoms with Crippen LogP contribution in [0.4, 0.5) is 0 Å². The van der Waals surface area contributed by atoms with E-state index in [9.17, 15) is 14.7 Å². The van der Waals surface area contributed by atoms with Gasteiger partial charge >= 0.3 is 5.97 Å². The van der Waals surface area contributed by atoms with Gasteiger partial charge in [-0.15, -0.1) is 0 Å². The summed E-state index contributed by atoms with van der Waals surface area (Å²) < 4.78 is 10.9. The van der Waals surface area contributed by atoms with Crippen LogP contribution in [-0.2, 0) is 10.3 Å². The predicted molar refractivity (Wildman–Crippen MR) is 90.9 cm³/mol. The molecule has 2 N–H and O–H groups in total. The number of ether oxygens (including phenoxy) is 2. The summed E-state index contributed by atoms with van der Waals surface area (Å²) in [6.07, 6.45) is 0.211. The molecule has 0 aromatic heterocycles. The summed E-state index contributed by atoms with van der Waals surface area (Å²) in [7, 11) is 0. The molecular formula is C19H19NO5. The lowest BCUT2D eigenvalue weighted by Crippen LogP contribution is -2.51. The highest BCUT2D eigenvalue weighted by atomic mass is 16.6. The number of carbonyl (C=O) groups is 2. The van der Waals surface area contributed by atoms with E-state index in [-0.39, 0.29) is 6.42 Å². The van der Waals surface area contributed by atoms with Crippen LogP contribution in [0.3, 0.4) is 0 Å². The number of benzene rings is 2. The Morgan fingerprint density at radius 3 is 2.40 bits per heavy atom. The molecule has 0 fully saturated rings. The van der Waals surface area contributed by atoms with E-state index in [2.05, 4.69) is 5.32 Å². The van der Waals surface area contributed by atoms with Crippen molar-refractivity contribution >= 4 is 11.9 Å². The molecule has 6 nitrogen and oxygen atoms in total. The molecule has 1 heterocycles. The fourth-order valence-electron chi connectivity index (χ4n) is 2.87. The molecule has 0 bridgehead atoms. The minimum absolute atomic E-state index is 0.211. The molecule has 0 saturated carbocycles. The molecule has 0 spiro atoms. The van der Waals surface area contributed by atoms with Crippen molar-refractivity contribution in [1.29, 1.82) is 0 Å². The molecule has 2 aromatic carbocycles. The molecule has 6 heteroatoms. The number of amides is 1. The van der Waals surface area contributed by atoms with E-state index in [1.54, 1.807) is 55.5 Å². The molecular weight excluding hydrogens is 322 g/mol. The SMILES string of the molecule is CC[C@@](NC(=O)c1ccc2c(c1)OCCO2)(C(=O)O)c1ccccc1. The molecule has 0 aliphatic carbocycles. The van der Waals surface area contributed by atoms with Crippen molar-refractivity contribution in [3.63, 3.8) is 0 Å². The lowest BCUT2D eigenvalue weighted by atomic mass is 9.87. The third-order valence-electron chi connectivity index (χ3n) is 4.29. The fraction of sp³-hybridized carbons (Fsp3) is 0.263. The smallest absolute Gasteiger partial charge is 0.334 e. The van der Waals surface area contributed by atoms with Gasteiger partial charge in [0.25, 0.3) is 5.91 Å². The van der Waals surface area contributed by atoms with Crippen LogP contribution >= 0.6 is 0 Å². The minimum atomic E-state index is -1.49. The average Bonchev–Trinajstić information content (AvgIpc) is 2.66. The van der Waals surface area contributed by atoms with Crippen LogP contribution in [-0.4, -0.2) is 30.2 Å². The minimum Gasteiger partial charge on any atom is -0.486 e. The number of carbonyl (C=O) groups excluding carboxylic acids is 1. The highest BCUT2D eigenvalue weighted by molar-refractivity contribution is 5.98. The highest BCUT2D eigenvalue weighted by Gasteiger charge is 2.40. The van der Waals surface area contributed by atoms with Crippen molar-refractivity contribution in [2.75, 3.05) is 13.2 Å². The van der Waals surface area contributed by atoms with E-state index in [4.69, 9.17) is 9.47 Å². The largest absolute Gasteiger partial charge is 0.486 e. The van der Waals surface area contributed by atoms with Gasteiger partial charge in [-0.1, -0.05) is 37.3 Å². The number of rotatable bonds is 5. The molecule has 1 aliphatic heterocycles. The molecule has 3 rings (SSSR count). The van der Waals surface area contributed by atoms with Gasteiger partial charge in [0.05, 0.1) is 0 Å². The van der Waals surface area contributed by atoms with Gasteiger partial charge in [-0.05, 0) is 30.2 Å². The molecule has 0 unspecified atom stereocenters. The van der Waals surface area contributed by atoms with E-state index < -0.39 is 17.4 Å². The van der Waals surface area contributed by atoms with Crippen molar-refractivity contribution in [2.24, 2.45) is 0 Å². The Labute approximate surface area is 145 Å². The van der Waals surface area contributed by atoms with Gasteiger partial charge in [0, 0.05) is 5.56 Å². The summed E-state index contributed by atoms with van der Waals surface area (Å²) >= 11 is 0.